The average Bonchev–Trinajstić information content (AvgIpc) is 3.27. The lowest BCUT2D eigenvalue weighted by molar-refractivity contribution is -0.192. The van der Waals surface area contributed by atoms with Crippen LogP contribution in [-0.2, 0) is 9.59 Å². The highest BCUT2D eigenvalue weighted by Crippen LogP contribution is 2.36. The number of rotatable bonds is 5. The number of anilines is 1. The molecule has 9 nitrogen and oxygen atoms in total. The Labute approximate surface area is 227 Å². The van der Waals surface area contributed by atoms with Gasteiger partial charge in [0.15, 0.2) is 5.16 Å². The van der Waals surface area contributed by atoms with Gasteiger partial charge in [-0.3, -0.25) is 9.59 Å². The Kier molecular flexibility index (Phi) is 8.11. The molecule has 0 aliphatic heterocycles. The maximum absolute atomic E-state index is 14.0. The van der Waals surface area contributed by atoms with Crippen molar-refractivity contribution in [1.82, 2.24) is 19.9 Å². The molecule has 1 amide bonds. The number of H-pyrrole nitrogens is 2. The van der Waals surface area contributed by atoms with E-state index in [1.807, 2.05) is 38.4 Å². The molecule has 0 aliphatic rings. The van der Waals surface area contributed by atoms with E-state index >= 15 is 0 Å². The largest absolute Gasteiger partial charge is 0.490 e. The lowest BCUT2D eigenvalue weighted by Crippen LogP contribution is -2.27. The number of fused-ring (bicyclic) bond motifs is 6. The van der Waals surface area contributed by atoms with Crippen LogP contribution >= 0.6 is 11.8 Å². The second-order valence-electron chi connectivity index (χ2n) is 8.77. The van der Waals surface area contributed by atoms with E-state index in [4.69, 9.17) is 14.9 Å². The number of carboxylic acids is 1. The van der Waals surface area contributed by atoms with E-state index in [9.17, 15) is 27.2 Å². The van der Waals surface area contributed by atoms with Crippen molar-refractivity contribution < 1.29 is 32.3 Å². The molecule has 14 heteroatoms. The second-order valence-corrected chi connectivity index (χ2v) is 9.83. The number of alkyl halides is 3. The average molecular weight is 576 g/mol. The molecule has 2 aromatic heterocycles. The second kappa shape index (κ2) is 11.4. The zero-order valence-electron chi connectivity index (χ0n) is 20.9. The number of nitrogens with one attached hydrogen (secondary N) is 3. The van der Waals surface area contributed by atoms with Crippen LogP contribution in [0, 0.1) is 5.82 Å². The molecule has 0 saturated heterocycles. The van der Waals surface area contributed by atoms with E-state index in [1.54, 1.807) is 23.2 Å². The Morgan fingerprint density at radius 3 is 2.48 bits per heavy atom. The number of imidazole rings is 1. The summed E-state index contributed by atoms with van der Waals surface area (Å²) < 4.78 is 45.7. The van der Waals surface area contributed by atoms with Gasteiger partial charge in [-0.1, -0.05) is 17.8 Å². The number of carbonyl (C=O) groups excluding carboxylic acids is 1. The number of benzene rings is 3. The van der Waals surface area contributed by atoms with Gasteiger partial charge in [-0.15, -0.1) is 0 Å². The Hall–Kier alpha value is -4.43. The van der Waals surface area contributed by atoms with Gasteiger partial charge in [-0.2, -0.15) is 13.2 Å². The number of carboxylic acid groups (broad SMARTS) is 1. The monoisotopic (exact) mass is 575 g/mol. The predicted molar refractivity (Wildman–Crippen MR) is 143 cm³/mol. The van der Waals surface area contributed by atoms with Crippen LogP contribution < -0.4 is 10.9 Å². The zero-order chi connectivity index (χ0) is 29.2. The number of hydrogen-bond donors (Lipinski definition) is 4. The van der Waals surface area contributed by atoms with Gasteiger partial charge in [-0.05, 0) is 56.6 Å². The van der Waals surface area contributed by atoms with Crippen LogP contribution in [0.2, 0.25) is 0 Å². The number of likely N-dealkylation sites (N-methyl/N-ethyl adjacent to an activating group) is 1. The Morgan fingerprint density at radius 2 is 1.80 bits per heavy atom. The highest BCUT2D eigenvalue weighted by Gasteiger charge is 2.38. The molecule has 5 rings (SSSR count). The van der Waals surface area contributed by atoms with E-state index in [0.717, 1.165) is 15.8 Å². The molecule has 0 saturated carbocycles. The first kappa shape index (κ1) is 28.6. The Bertz CT molecular complexity index is 1800. The van der Waals surface area contributed by atoms with Gasteiger partial charge in [-0.25, -0.2) is 14.2 Å². The van der Waals surface area contributed by atoms with Gasteiger partial charge < -0.3 is 25.3 Å². The van der Waals surface area contributed by atoms with E-state index in [2.05, 4.69) is 15.3 Å². The first-order valence-corrected chi connectivity index (χ1v) is 12.3. The first-order valence-electron chi connectivity index (χ1n) is 11.5. The molecular formula is C26H21F4N5O4S. The summed E-state index contributed by atoms with van der Waals surface area (Å²) in [6.45, 7) is 0.292. The van der Waals surface area contributed by atoms with Gasteiger partial charge >= 0.3 is 12.1 Å². The number of carbonyl (C=O) groups is 2. The topological polar surface area (TPSA) is 131 Å². The zero-order valence-corrected chi connectivity index (χ0v) is 21.7. The highest BCUT2D eigenvalue weighted by atomic mass is 32.2. The predicted octanol–water partition coefficient (Wildman–Crippen LogP) is 4.98. The first-order chi connectivity index (χ1) is 18.8. The number of amides is 1. The van der Waals surface area contributed by atoms with E-state index in [-0.39, 0.29) is 11.5 Å². The fourth-order valence-electron chi connectivity index (χ4n) is 3.91. The van der Waals surface area contributed by atoms with Crippen molar-refractivity contribution in [1.29, 1.82) is 0 Å². The molecule has 0 atom stereocenters. The Balaban J connectivity index is 0.000000470. The summed E-state index contributed by atoms with van der Waals surface area (Å²) in [5.41, 5.74) is 1.79. The van der Waals surface area contributed by atoms with E-state index in [1.165, 1.54) is 23.9 Å². The minimum absolute atomic E-state index is 0.0960. The number of pyridine rings is 1. The standard InChI is InChI=1S/C24H20FN5O2S.C2HF3O2/c1-30(2)12-19(31)27-14-4-3-5-15(11-14)33-24-28-21-16-7-6-13(25)10-18(16)20-17(22(21)29-24)8-9-26-23(20)32;3-2(4,5)1(6)7/h3-11H,12H2,1-2H3,(H,26,32)(H,27,31)(H,28,29);(H,6,7). The quantitative estimate of drug-likeness (QED) is 0.172. The number of aromatic amines is 2. The van der Waals surface area contributed by atoms with Crippen LogP contribution in [0.4, 0.5) is 23.2 Å². The van der Waals surface area contributed by atoms with Gasteiger partial charge in [0.2, 0.25) is 5.91 Å². The molecule has 4 N–H and O–H groups in total. The summed E-state index contributed by atoms with van der Waals surface area (Å²) in [5, 5.41) is 13.0. The maximum Gasteiger partial charge on any atom is 0.490 e. The number of aromatic nitrogens is 3. The molecule has 0 aliphatic carbocycles. The van der Waals surface area contributed by atoms with Crippen molar-refractivity contribution in [2.75, 3.05) is 26.0 Å². The summed E-state index contributed by atoms with van der Waals surface area (Å²) in [7, 11) is 3.67. The molecule has 40 heavy (non-hydrogen) atoms. The van der Waals surface area contributed by atoms with Crippen molar-refractivity contribution in [2.45, 2.75) is 16.2 Å². The lowest BCUT2D eigenvalue weighted by Gasteiger charge is -2.10. The normalized spacial score (nSPS) is 11.6. The third kappa shape index (κ3) is 6.40. The van der Waals surface area contributed by atoms with Crippen molar-refractivity contribution in [3.63, 3.8) is 0 Å². The molecule has 208 valence electrons. The molecule has 0 bridgehead atoms. The summed E-state index contributed by atoms with van der Waals surface area (Å²) in [5.74, 6) is -3.26. The van der Waals surface area contributed by atoms with Crippen molar-refractivity contribution >= 4 is 61.9 Å². The fourth-order valence-corrected chi connectivity index (χ4v) is 4.76. The number of aliphatic carboxylic acids is 1. The summed E-state index contributed by atoms with van der Waals surface area (Å²) in [6.07, 6.45) is -3.52. The third-order valence-electron chi connectivity index (χ3n) is 5.45. The summed E-state index contributed by atoms with van der Waals surface area (Å²) in [6, 6.07) is 13.7. The maximum atomic E-state index is 14.0. The van der Waals surface area contributed by atoms with Crippen molar-refractivity contribution in [3.8, 4) is 0 Å². The molecule has 2 heterocycles. The van der Waals surface area contributed by atoms with Gasteiger partial charge in [0.1, 0.15) is 5.82 Å². The summed E-state index contributed by atoms with van der Waals surface area (Å²) >= 11 is 1.40. The minimum Gasteiger partial charge on any atom is -0.475 e. The van der Waals surface area contributed by atoms with Crippen LogP contribution in [0.5, 0.6) is 0 Å². The van der Waals surface area contributed by atoms with Crippen LogP contribution in [-0.4, -0.2) is 63.7 Å². The van der Waals surface area contributed by atoms with E-state index in [0.29, 0.717) is 39.1 Å². The molecule has 0 unspecified atom stereocenters. The van der Waals surface area contributed by atoms with Crippen molar-refractivity contribution in [3.05, 3.63) is 70.9 Å². The lowest BCUT2D eigenvalue weighted by atomic mass is 10.0. The number of halogens is 4. The Morgan fingerprint density at radius 1 is 1.07 bits per heavy atom. The van der Waals surface area contributed by atoms with Crippen LogP contribution in [0.1, 0.15) is 0 Å². The van der Waals surface area contributed by atoms with Gasteiger partial charge in [0.05, 0.1) is 23.0 Å². The molecule has 0 spiro atoms. The molecular weight excluding hydrogens is 554 g/mol. The number of hydrogen-bond acceptors (Lipinski definition) is 6. The van der Waals surface area contributed by atoms with Crippen molar-refractivity contribution in [2.24, 2.45) is 0 Å². The van der Waals surface area contributed by atoms with Crippen LogP contribution in [0.3, 0.4) is 0 Å². The summed E-state index contributed by atoms with van der Waals surface area (Å²) in [4.78, 5) is 47.0. The third-order valence-corrected chi connectivity index (χ3v) is 6.33. The smallest absolute Gasteiger partial charge is 0.475 e. The van der Waals surface area contributed by atoms with Gasteiger partial charge in [0, 0.05) is 32.9 Å². The van der Waals surface area contributed by atoms with E-state index < -0.39 is 18.0 Å². The minimum atomic E-state index is -5.08. The molecule has 0 fully saturated rings. The van der Waals surface area contributed by atoms with Gasteiger partial charge in [0.25, 0.3) is 5.56 Å². The van der Waals surface area contributed by atoms with Crippen LogP contribution in [0.25, 0.3) is 32.6 Å². The molecule has 5 aromatic rings. The fraction of sp³-hybridized carbons (Fsp3) is 0.154. The number of nitrogens with zero attached hydrogens (tertiary/aromatic N) is 2. The highest BCUT2D eigenvalue weighted by molar-refractivity contribution is 7.99. The van der Waals surface area contributed by atoms with Crippen LogP contribution in [0.15, 0.2) is 69.6 Å². The SMILES string of the molecule is CN(C)CC(=O)Nc1cccc(Sc2nc3c4cc[nH]c(=O)c4c4cc(F)ccc4c3[nH]2)c1.O=C(O)C(F)(F)F. The molecule has 3 aromatic carbocycles. The molecule has 0 radical (unpaired) electrons.